The first-order chi connectivity index (χ1) is 9.19. The molecule has 1 atom stereocenters. The summed E-state index contributed by atoms with van der Waals surface area (Å²) < 4.78 is 0. The molecular weight excluding hydrogens is 260 g/mol. The Labute approximate surface area is 117 Å². The first-order valence-corrected chi connectivity index (χ1v) is 7.32. The standard InChI is InChI=1S/C14H18N2O2S/c1-2-13(8-17)16-14(18)10-19-9-12-5-3-11(7-15)4-6-12/h3-6,13,17H,2,8-10H2,1H3,(H,16,18)/t13-/m0/s1. The molecule has 1 aromatic carbocycles. The van der Waals surface area contributed by atoms with Gasteiger partial charge in [-0.25, -0.2) is 0 Å². The average molecular weight is 278 g/mol. The molecule has 0 bridgehead atoms. The van der Waals surface area contributed by atoms with Gasteiger partial charge in [-0.15, -0.1) is 11.8 Å². The zero-order valence-corrected chi connectivity index (χ0v) is 11.7. The van der Waals surface area contributed by atoms with E-state index in [2.05, 4.69) is 11.4 Å². The van der Waals surface area contributed by atoms with Crippen LogP contribution < -0.4 is 5.32 Å². The fraction of sp³-hybridized carbons (Fsp3) is 0.429. The molecule has 0 spiro atoms. The van der Waals surface area contributed by atoms with Gasteiger partial charge >= 0.3 is 0 Å². The van der Waals surface area contributed by atoms with E-state index in [4.69, 9.17) is 10.4 Å². The molecule has 0 aliphatic heterocycles. The lowest BCUT2D eigenvalue weighted by Gasteiger charge is -2.13. The van der Waals surface area contributed by atoms with Crippen molar-refractivity contribution in [3.05, 3.63) is 35.4 Å². The van der Waals surface area contributed by atoms with Gasteiger partial charge in [-0.05, 0) is 24.1 Å². The minimum Gasteiger partial charge on any atom is -0.394 e. The van der Waals surface area contributed by atoms with Crippen molar-refractivity contribution >= 4 is 17.7 Å². The summed E-state index contributed by atoms with van der Waals surface area (Å²) in [5, 5.41) is 20.4. The summed E-state index contributed by atoms with van der Waals surface area (Å²) in [6.45, 7) is 1.90. The second kappa shape index (κ2) is 8.57. The summed E-state index contributed by atoms with van der Waals surface area (Å²) in [7, 11) is 0. The SMILES string of the molecule is CC[C@@H](CO)NC(=O)CSCc1ccc(C#N)cc1. The van der Waals surface area contributed by atoms with Gasteiger partial charge in [0.05, 0.1) is 30.0 Å². The van der Waals surface area contributed by atoms with Gasteiger partial charge in [0.25, 0.3) is 0 Å². The molecule has 0 saturated heterocycles. The van der Waals surface area contributed by atoms with Crippen molar-refractivity contribution in [1.29, 1.82) is 5.26 Å². The van der Waals surface area contributed by atoms with Crippen molar-refractivity contribution < 1.29 is 9.90 Å². The monoisotopic (exact) mass is 278 g/mol. The summed E-state index contributed by atoms with van der Waals surface area (Å²) in [4.78, 5) is 11.6. The molecule has 0 heterocycles. The predicted octanol–water partition coefficient (Wildman–Crippen LogP) is 1.68. The second-order valence-corrected chi connectivity index (χ2v) is 5.14. The van der Waals surface area contributed by atoms with Crippen LogP contribution in [0.2, 0.25) is 0 Å². The number of carbonyl (C=O) groups is 1. The Kier molecular flexibility index (Phi) is 7.01. The van der Waals surface area contributed by atoms with E-state index in [1.165, 1.54) is 11.8 Å². The Bertz CT molecular complexity index is 436. The van der Waals surface area contributed by atoms with Gasteiger partial charge in [-0.3, -0.25) is 4.79 Å². The van der Waals surface area contributed by atoms with Crippen molar-refractivity contribution in [2.45, 2.75) is 25.1 Å². The highest BCUT2D eigenvalue weighted by Crippen LogP contribution is 2.12. The number of carbonyl (C=O) groups excluding carboxylic acids is 1. The molecule has 4 nitrogen and oxygen atoms in total. The number of thioether (sulfide) groups is 1. The number of nitrogens with zero attached hydrogens (tertiary/aromatic N) is 1. The number of aliphatic hydroxyl groups excluding tert-OH is 1. The molecular formula is C14H18N2O2S. The minimum atomic E-state index is -0.150. The largest absolute Gasteiger partial charge is 0.394 e. The molecule has 19 heavy (non-hydrogen) atoms. The van der Waals surface area contributed by atoms with Gasteiger partial charge in [0, 0.05) is 5.75 Å². The lowest BCUT2D eigenvalue weighted by Crippen LogP contribution is -2.37. The van der Waals surface area contributed by atoms with E-state index in [-0.39, 0.29) is 18.6 Å². The Morgan fingerprint density at radius 2 is 2.16 bits per heavy atom. The molecule has 1 aromatic rings. The molecule has 0 radical (unpaired) electrons. The van der Waals surface area contributed by atoms with Gasteiger partial charge in [0.2, 0.25) is 5.91 Å². The number of amides is 1. The first-order valence-electron chi connectivity index (χ1n) is 6.16. The van der Waals surface area contributed by atoms with Crippen LogP contribution in [-0.2, 0) is 10.5 Å². The van der Waals surface area contributed by atoms with Gasteiger partial charge in [-0.1, -0.05) is 19.1 Å². The van der Waals surface area contributed by atoms with Crippen molar-refractivity contribution in [2.24, 2.45) is 0 Å². The third-order valence-electron chi connectivity index (χ3n) is 2.66. The summed E-state index contributed by atoms with van der Waals surface area (Å²) in [6.07, 6.45) is 0.725. The van der Waals surface area contributed by atoms with E-state index in [1.807, 2.05) is 19.1 Å². The van der Waals surface area contributed by atoms with E-state index in [0.29, 0.717) is 11.3 Å². The lowest BCUT2D eigenvalue weighted by atomic mass is 10.2. The molecule has 0 saturated carbocycles. The van der Waals surface area contributed by atoms with E-state index in [0.717, 1.165) is 17.7 Å². The van der Waals surface area contributed by atoms with Crippen molar-refractivity contribution in [1.82, 2.24) is 5.32 Å². The van der Waals surface area contributed by atoms with Crippen LogP contribution in [0.15, 0.2) is 24.3 Å². The highest BCUT2D eigenvalue weighted by molar-refractivity contribution is 7.99. The van der Waals surface area contributed by atoms with E-state index < -0.39 is 0 Å². The van der Waals surface area contributed by atoms with Crippen LogP contribution in [0.4, 0.5) is 0 Å². The van der Waals surface area contributed by atoms with E-state index in [9.17, 15) is 4.79 Å². The maximum absolute atomic E-state index is 11.6. The van der Waals surface area contributed by atoms with E-state index in [1.54, 1.807) is 12.1 Å². The summed E-state index contributed by atoms with van der Waals surface area (Å²) >= 11 is 1.51. The normalized spacial score (nSPS) is 11.6. The van der Waals surface area contributed by atoms with E-state index >= 15 is 0 Å². The van der Waals surface area contributed by atoms with Crippen LogP contribution in [-0.4, -0.2) is 29.4 Å². The number of rotatable bonds is 7. The molecule has 2 N–H and O–H groups in total. The summed E-state index contributed by atoms with van der Waals surface area (Å²) in [5.41, 5.74) is 1.73. The Hall–Kier alpha value is -1.51. The molecule has 1 rings (SSSR count). The number of hydrogen-bond acceptors (Lipinski definition) is 4. The fourth-order valence-corrected chi connectivity index (χ4v) is 2.28. The van der Waals surface area contributed by atoms with Crippen molar-refractivity contribution in [3.8, 4) is 6.07 Å². The zero-order valence-electron chi connectivity index (χ0n) is 10.9. The summed E-state index contributed by atoms with van der Waals surface area (Å²) in [6, 6.07) is 9.25. The van der Waals surface area contributed by atoms with Crippen LogP contribution in [0.1, 0.15) is 24.5 Å². The Morgan fingerprint density at radius 1 is 1.47 bits per heavy atom. The maximum atomic E-state index is 11.6. The van der Waals surface area contributed by atoms with Crippen LogP contribution in [0, 0.1) is 11.3 Å². The third-order valence-corrected chi connectivity index (χ3v) is 3.67. The van der Waals surface area contributed by atoms with Gasteiger partial charge in [0.15, 0.2) is 0 Å². The quantitative estimate of drug-likeness (QED) is 0.796. The molecule has 0 aliphatic rings. The highest BCUT2D eigenvalue weighted by atomic mass is 32.2. The van der Waals surface area contributed by atoms with Gasteiger partial charge in [0.1, 0.15) is 0 Å². The number of nitrogens with one attached hydrogen (secondary N) is 1. The maximum Gasteiger partial charge on any atom is 0.230 e. The predicted molar refractivity (Wildman–Crippen MR) is 76.6 cm³/mol. The summed E-state index contributed by atoms with van der Waals surface area (Å²) in [5.74, 6) is 1.05. The molecule has 0 aliphatic carbocycles. The molecule has 1 amide bonds. The number of hydrogen-bond donors (Lipinski definition) is 2. The van der Waals surface area contributed by atoms with Crippen LogP contribution in [0.25, 0.3) is 0 Å². The zero-order chi connectivity index (χ0) is 14.1. The van der Waals surface area contributed by atoms with Gasteiger partial charge in [-0.2, -0.15) is 5.26 Å². The molecule has 5 heteroatoms. The smallest absolute Gasteiger partial charge is 0.230 e. The lowest BCUT2D eigenvalue weighted by molar-refractivity contribution is -0.119. The number of aliphatic hydroxyl groups is 1. The molecule has 102 valence electrons. The molecule has 0 aromatic heterocycles. The van der Waals surface area contributed by atoms with Crippen LogP contribution >= 0.6 is 11.8 Å². The first kappa shape index (κ1) is 15.5. The van der Waals surface area contributed by atoms with Crippen molar-refractivity contribution in [2.75, 3.05) is 12.4 Å². The average Bonchev–Trinajstić information content (AvgIpc) is 2.45. The van der Waals surface area contributed by atoms with Crippen molar-refractivity contribution in [3.63, 3.8) is 0 Å². The number of benzene rings is 1. The van der Waals surface area contributed by atoms with Crippen LogP contribution in [0.5, 0.6) is 0 Å². The topological polar surface area (TPSA) is 73.1 Å². The highest BCUT2D eigenvalue weighted by Gasteiger charge is 2.08. The minimum absolute atomic E-state index is 0.0253. The second-order valence-electron chi connectivity index (χ2n) is 4.16. The Balaban J connectivity index is 2.29. The third kappa shape index (κ3) is 5.77. The number of nitriles is 1. The fourth-order valence-electron chi connectivity index (χ4n) is 1.48. The van der Waals surface area contributed by atoms with Crippen LogP contribution in [0.3, 0.4) is 0 Å². The molecule has 0 unspecified atom stereocenters. The van der Waals surface area contributed by atoms with Gasteiger partial charge < -0.3 is 10.4 Å². The molecule has 0 fully saturated rings. The Morgan fingerprint density at radius 3 is 2.68 bits per heavy atom.